The highest BCUT2D eigenvalue weighted by Gasteiger charge is 2.07. The van der Waals surface area contributed by atoms with Gasteiger partial charge in [-0.05, 0) is 44.4 Å². The first-order valence-electron chi connectivity index (χ1n) is 7.05. The number of likely N-dealkylation sites (N-methyl/N-ethyl adjacent to an activating group) is 1. The van der Waals surface area contributed by atoms with E-state index in [-0.39, 0.29) is 0 Å². The van der Waals surface area contributed by atoms with Crippen molar-refractivity contribution in [1.82, 2.24) is 15.1 Å². The van der Waals surface area contributed by atoms with Gasteiger partial charge >= 0.3 is 0 Å². The zero-order valence-corrected chi connectivity index (χ0v) is 12.3. The van der Waals surface area contributed by atoms with Crippen LogP contribution in [-0.4, -0.2) is 42.3 Å². The maximum absolute atomic E-state index is 5.71. The molecule has 0 aliphatic heterocycles. The van der Waals surface area contributed by atoms with Crippen molar-refractivity contribution >= 4 is 10.9 Å². The summed E-state index contributed by atoms with van der Waals surface area (Å²) >= 11 is 0. The molecule has 0 amide bonds. The third-order valence-electron chi connectivity index (χ3n) is 3.41. The van der Waals surface area contributed by atoms with Crippen LogP contribution in [0.5, 0.6) is 5.75 Å². The Bertz CT molecular complexity index is 716. The van der Waals surface area contributed by atoms with Gasteiger partial charge in [-0.2, -0.15) is 5.10 Å². The molecule has 4 nitrogen and oxygen atoms in total. The number of nitrogens with one attached hydrogen (secondary N) is 1. The number of H-pyrrole nitrogens is 1. The minimum atomic E-state index is 0.692. The zero-order chi connectivity index (χ0) is 14.7. The van der Waals surface area contributed by atoms with Gasteiger partial charge < -0.3 is 9.64 Å². The van der Waals surface area contributed by atoms with Crippen molar-refractivity contribution in [2.24, 2.45) is 0 Å². The Hall–Kier alpha value is -2.33. The summed E-state index contributed by atoms with van der Waals surface area (Å²) in [6, 6.07) is 16.2. The second-order valence-electron chi connectivity index (χ2n) is 5.29. The summed E-state index contributed by atoms with van der Waals surface area (Å²) in [5, 5.41) is 8.61. The number of aromatic nitrogens is 2. The highest BCUT2D eigenvalue weighted by molar-refractivity contribution is 5.92. The molecule has 0 radical (unpaired) electrons. The molecule has 0 saturated carbocycles. The van der Waals surface area contributed by atoms with Gasteiger partial charge in [-0.1, -0.05) is 18.2 Å². The number of nitrogens with zero attached hydrogens (tertiary/aromatic N) is 2. The third kappa shape index (κ3) is 3.06. The number of hydrogen-bond donors (Lipinski definition) is 1. The Morgan fingerprint density at radius 2 is 1.81 bits per heavy atom. The van der Waals surface area contributed by atoms with E-state index in [4.69, 9.17) is 4.74 Å². The number of ether oxygens (including phenoxy) is 1. The van der Waals surface area contributed by atoms with Crippen molar-refractivity contribution in [2.45, 2.75) is 0 Å². The van der Waals surface area contributed by atoms with Crippen LogP contribution in [0.3, 0.4) is 0 Å². The lowest BCUT2D eigenvalue weighted by Crippen LogP contribution is -2.19. The zero-order valence-electron chi connectivity index (χ0n) is 12.3. The fraction of sp³-hybridized carbons (Fsp3) is 0.235. The largest absolute Gasteiger partial charge is 0.492 e. The lowest BCUT2D eigenvalue weighted by atomic mass is 10.1. The Morgan fingerprint density at radius 3 is 2.57 bits per heavy atom. The molecule has 3 rings (SSSR count). The summed E-state index contributed by atoms with van der Waals surface area (Å²) in [6.45, 7) is 1.60. The molecule has 0 saturated heterocycles. The van der Waals surface area contributed by atoms with Crippen molar-refractivity contribution in [3.05, 3.63) is 48.5 Å². The first kappa shape index (κ1) is 13.6. The molecule has 108 valence electrons. The second-order valence-corrected chi connectivity index (χ2v) is 5.29. The molecule has 0 fully saturated rings. The van der Waals surface area contributed by atoms with E-state index in [1.807, 2.05) is 56.6 Å². The predicted molar refractivity (Wildman–Crippen MR) is 85.6 cm³/mol. The first-order chi connectivity index (χ1) is 10.2. The minimum absolute atomic E-state index is 0.692. The predicted octanol–water partition coefficient (Wildman–Crippen LogP) is 3.17. The van der Waals surface area contributed by atoms with Gasteiger partial charge in [0.2, 0.25) is 0 Å². The van der Waals surface area contributed by atoms with E-state index in [0.29, 0.717) is 6.61 Å². The molecule has 0 aliphatic carbocycles. The van der Waals surface area contributed by atoms with Gasteiger partial charge in [-0.3, -0.25) is 5.10 Å². The molecule has 3 aromatic rings. The van der Waals surface area contributed by atoms with E-state index < -0.39 is 0 Å². The van der Waals surface area contributed by atoms with Crippen molar-refractivity contribution in [2.75, 3.05) is 27.2 Å². The SMILES string of the molecule is CN(C)CCOc1ccc(-c2n[nH]c3ccccc23)cc1. The molecule has 1 heterocycles. The van der Waals surface area contributed by atoms with Crippen LogP contribution in [-0.2, 0) is 0 Å². The Balaban J connectivity index is 1.78. The molecule has 0 atom stereocenters. The van der Waals surface area contributed by atoms with Crippen molar-refractivity contribution in [3.8, 4) is 17.0 Å². The Labute approximate surface area is 124 Å². The highest BCUT2D eigenvalue weighted by atomic mass is 16.5. The Kier molecular flexibility index (Phi) is 3.88. The van der Waals surface area contributed by atoms with E-state index in [1.165, 1.54) is 0 Å². The summed E-state index contributed by atoms with van der Waals surface area (Å²) in [6.07, 6.45) is 0. The number of aromatic amines is 1. The molecule has 0 aliphatic rings. The fourth-order valence-electron chi connectivity index (χ4n) is 2.24. The Morgan fingerprint density at radius 1 is 1.05 bits per heavy atom. The van der Waals surface area contributed by atoms with Crippen LogP contribution in [0.25, 0.3) is 22.2 Å². The van der Waals surface area contributed by atoms with Gasteiger partial charge in [0.05, 0.1) is 11.2 Å². The molecule has 0 spiro atoms. The molecule has 4 heteroatoms. The van der Waals surface area contributed by atoms with Crippen LogP contribution in [0.2, 0.25) is 0 Å². The molecular weight excluding hydrogens is 262 g/mol. The third-order valence-corrected chi connectivity index (χ3v) is 3.41. The molecule has 1 aromatic heterocycles. The lowest BCUT2D eigenvalue weighted by Gasteiger charge is -2.11. The average Bonchev–Trinajstić information content (AvgIpc) is 2.92. The summed E-state index contributed by atoms with van der Waals surface area (Å²) in [5.41, 5.74) is 3.12. The highest BCUT2D eigenvalue weighted by Crippen LogP contribution is 2.27. The van der Waals surface area contributed by atoms with E-state index in [2.05, 4.69) is 21.2 Å². The van der Waals surface area contributed by atoms with Gasteiger partial charge in [0, 0.05) is 17.5 Å². The van der Waals surface area contributed by atoms with Gasteiger partial charge in [0.15, 0.2) is 0 Å². The van der Waals surface area contributed by atoms with E-state index in [9.17, 15) is 0 Å². The van der Waals surface area contributed by atoms with Crippen molar-refractivity contribution < 1.29 is 4.74 Å². The molecule has 0 bridgehead atoms. The summed E-state index contributed by atoms with van der Waals surface area (Å²) < 4.78 is 5.71. The number of hydrogen-bond acceptors (Lipinski definition) is 3. The van der Waals surface area contributed by atoms with Crippen LogP contribution in [0.1, 0.15) is 0 Å². The van der Waals surface area contributed by atoms with Gasteiger partial charge in [-0.25, -0.2) is 0 Å². The topological polar surface area (TPSA) is 41.1 Å². The lowest BCUT2D eigenvalue weighted by molar-refractivity contribution is 0.261. The molecular formula is C17H19N3O. The second kappa shape index (κ2) is 5.97. The van der Waals surface area contributed by atoms with Crippen LogP contribution >= 0.6 is 0 Å². The monoisotopic (exact) mass is 281 g/mol. The summed E-state index contributed by atoms with van der Waals surface area (Å²) in [7, 11) is 4.07. The summed E-state index contributed by atoms with van der Waals surface area (Å²) in [5.74, 6) is 0.889. The van der Waals surface area contributed by atoms with Crippen LogP contribution in [0, 0.1) is 0 Å². The van der Waals surface area contributed by atoms with Crippen LogP contribution < -0.4 is 4.74 Å². The van der Waals surface area contributed by atoms with Gasteiger partial charge in [0.1, 0.15) is 12.4 Å². The average molecular weight is 281 g/mol. The maximum atomic E-state index is 5.71. The smallest absolute Gasteiger partial charge is 0.119 e. The van der Waals surface area contributed by atoms with Crippen LogP contribution in [0.4, 0.5) is 0 Å². The molecule has 2 aromatic carbocycles. The van der Waals surface area contributed by atoms with Crippen molar-refractivity contribution in [3.63, 3.8) is 0 Å². The van der Waals surface area contributed by atoms with E-state index >= 15 is 0 Å². The fourth-order valence-corrected chi connectivity index (χ4v) is 2.24. The first-order valence-corrected chi connectivity index (χ1v) is 7.05. The molecule has 1 N–H and O–H groups in total. The van der Waals surface area contributed by atoms with E-state index in [1.54, 1.807) is 0 Å². The van der Waals surface area contributed by atoms with Gasteiger partial charge in [-0.15, -0.1) is 0 Å². The number of benzene rings is 2. The van der Waals surface area contributed by atoms with Gasteiger partial charge in [0.25, 0.3) is 0 Å². The van der Waals surface area contributed by atoms with E-state index in [0.717, 1.165) is 34.5 Å². The number of rotatable bonds is 5. The summed E-state index contributed by atoms with van der Waals surface area (Å²) in [4.78, 5) is 2.10. The number of fused-ring (bicyclic) bond motifs is 1. The van der Waals surface area contributed by atoms with Crippen LogP contribution in [0.15, 0.2) is 48.5 Å². The van der Waals surface area contributed by atoms with Crippen molar-refractivity contribution in [1.29, 1.82) is 0 Å². The quantitative estimate of drug-likeness (QED) is 0.781. The molecule has 21 heavy (non-hydrogen) atoms. The molecule has 0 unspecified atom stereocenters. The maximum Gasteiger partial charge on any atom is 0.119 e. The number of para-hydroxylation sites is 1. The minimum Gasteiger partial charge on any atom is -0.492 e. The standard InChI is InChI=1S/C17H19N3O/c1-20(2)11-12-21-14-9-7-13(8-10-14)17-15-5-3-4-6-16(15)18-19-17/h3-10H,11-12H2,1-2H3,(H,18,19). The normalized spacial score (nSPS) is 11.2.